The summed E-state index contributed by atoms with van der Waals surface area (Å²) in [4.78, 5) is 12.3. The van der Waals surface area contributed by atoms with Gasteiger partial charge in [-0.15, -0.1) is 15.3 Å². The minimum Gasteiger partial charge on any atom is -0.290 e. The van der Waals surface area contributed by atoms with Crippen LogP contribution in [0.5, 0.6) is 0 Å². The molecule has 0 spiro atoms. The minimum atomic E-state index is -1.34. The van der Waals surface area contributed by atoms with E-state index in [1.54, 1.807) is 18.2 Å². The summed E-state index contributed by atoms with van der Waals surface area (Å²) in [5.41, 5.74) is 0.331. The number of nitrogens with zero attached hydrogens (tertiary/aromatic N) is 6. The largest absolute Gasteiger partial charge is 0.290 e. The molecule has 0 amide bonds. The van der Waals surface area contributed by atoms with E-state index < -0.39 is 11.8 Å². The van der Waals surface area contributed by atoms with Crippen LogP contribution in [0.15, 0.2) is 34.5 Å². The van der Waals surface area contributed by atoms with Gasteiger partial charge < -0.3 is 0 Å². The first kappa shape index (κ1) is 16.7. The van der Waals surface area contributed by atoms with Gasteiger partial charge in [-0.3, -0.25) is 4.79 Å². The third-order valence-corrected chi connectivity index (χ3v) is 4.14. The average Bonchev–Trinajstić information content (AvgIpc) is 3.04. The molecule has 0 saturated carbocycles. The second-order valence-corrected chi connectivity index (χ2v) is 6.13. The van der Waals surface area contributed by atoms with Crippen molar-refractivity contribution in [2.45, 2.75) is 18.2 Å². The van der Waals surface area contributed by atoms with Crippen molar-refractivity contribution >= 4 is 34.9 Å². The van der Waals surface area contributed by atoms with Crippen molar-refractivity contribution < 1.29 is 4.79 Å². The number of rotatable bonds is 5. The van der Waals surface area contributed by atoms with Gasteiger partial charge in [-0.1, -0.05) is 23.5 Å². The summed E-state index contributed by atoms with van der Waals surface area (Å²) >= 11 is 5.41. The highest BCUT2D eigenvalue weighted by molar-refractivity contribution is 7.80. The summed E-state index contributed by atoms with van der Waals surface area (Å²) in [6.07, 6.45) is 0. The van der Waals surface area contributed by atoms with Crippen LogP contribution in [0.1, 0.15) is 33.1 Å². The van der Waals surface area contributed by atoms with Crippen LogP contribution in [0.25, 0.3) is 0 Å². The first-order chi connectivity index (χ1) is 11.1. The Morgan fingerprint density at radius 2 is 2.09 bits per heavy atom. The van der Waals surface area contributed by atoms with E-state index >= 15 is 0 Å². The molecule has 0 aliphatic rings. The van der Waals surface area contributed by atoms with Gasteiger partial charge in [0.05, 0.1) is 23.0 Å². The number of benzene rings is 1. The monoisotopic (exact) mass is 342 g/mol. The van der Waals surface area contributed by atoms with Crippen LogP contribution in [0.2, 0.25) is 0 Å². The van der Waals surface area contributed by atoms with Gasteiger partial charge in [-0.2, -0.15) is 28.3 Å². The van der Waals surface area contributed by atoms with Crippen LogP contribution >= 0.6 is 24.0 Å². The molecule has 23 heavy (non-hydrogen) atoms. The van der Waals surface area contributed by atoms with E-state index in [0.717, 1.165) is 0 Å². The molecule has 114 valence electrons. The standard InChI is InChI=1S/C14H10N6OS2/c1-8(22)13-18-20-14(23-13)19-17-11(7-16)12(21)10-5-3-2-4-9(10)6-15/h2-5,8,11,22H,1H3/b19-17+. The summed E-state index contributed by atoms with van der Waals surface area (Å²) in [7, 11) is 0. The Bertz CT molecular complexity index is 830. The molecule has 1 aromatic carbocycles. The van der Waals surface area contributed by atoms with Crippen molar-refractivity contribution in [2.24, 2.45) is 10.2 Å². The lowest BCUT2D eigenvalue weighted by molar-refractivity contribution is 0.0979. The Morgan fingerprint density at radius 1 is 1.35 bits per heavy atom. The lowest BCUT2D eigenvalue weighted by Gasteiger charge is -2.03. The molecule has 0 radical (unpaired) electrons. The number of nitriles is 2. The maximum Gasteiger partial charge on any atom is 0.251 e. The molecule has 0 aliphatic carbocycles. The SMILES string of the molecule is CC(S)c1nnc(/N=N/C(C#N)C(=O)c2ccccc2C#N)s1. The maximum absolute atomic E-state index is 12.3. The second kappa shape index (κ2) is 7.58. The van der Waals surface area contributed by atoms with Gasteiger partial charge in [0.2, 0.25) is 11.8 Å². The van der Waals surface area contributed by atoms with Crippen molar-refractivity contribution in [3.8, 4) is 12.1 Å². The predicted octanol–water partition coefficient (Wildman–Crippen LogP) is 3.26. The number of ketones is 1. The number of Topliss-reactive ketones (excluding diaryl/α,β-unsaturated/α-hetero) is 1. The van der Waals surface area contributed by atoms with Crippen molar-refractivity contribution in [1.29, 1.82) is 10.5 Å². The molecule has 7 nitrogen and oxygen atoms in total. The molecule has 0 saturated heterocycles. The number of hydrogen-bond acceptors (Lipinski definition) is 9. The first-order valence-corrected chi connectivity index (χ1v) is 7.75. The molecule has 0 bridgehead atoms. The summed E-state index contributed by atoms with van der Waals surface area (Å²) < 4.78 is 0. The number of thiol groups is 1. The van der Waals surface area contributed by atoms with Crippen molar-refractivity contribution in [3.05, 3.63) is 40.4 Å². The molecule has 1 aromatic heterocycles. The van der Waals surface area contributed by atoms with Crippen LogP contribution < -0.4 is 0 Å². The molecular formula is C14H10N6OS2. The van der Waals surface area contributed by atoms with E-state index in [1.165, 1.54) is 23.5 Å². The minimum absolute atomic E-state index is 0.0904. The quantitative estimate of drug-likeness (QED) is 0.508. The van der Waals surface area contributed by atoms with Crippen molar-refractivity contribution in [2.75, 3.05) is 0 Å². The van der Waals surface area contributed by atoms with E-state index in [1.807, 2.05) is 13.0 Å². The summed E-state index contributed by atoms with van der Waals surface area (Å²) in [5.74, 6) is -0.583. The number of carbonyl (C=O) groups excluding carboxylic acids is 1. The van der Waals surface area contributed by atoms with E-state index in [0.29, 0.717) is 5.01 Å². The van der Waals surface area contributed by atoms with Gasteiger partial charge in [0, 0.05) is 5.56 Å². The normalized spacial score (nSPS) is 13.2. The smallest absolute Gasteiger partial charge is 0.251 e. The molecule has 0 aliphatic heterocycles. The van der Waals surface area contributed by atoms with Gasteiger partial charge in [-0.05, 0) is 19.1 Å². The Hall–Kier alpha value is -2.62. The highest BCUT2D eigenvalue weighted by Gasteiger charge is 2.22. The molecule has 2 unspecified atom stereocenters. The van der Waals surface area contributed by atoms with Gasteiger partial charge in [0.1, 0.15) is 5.01 Å². The van der Waals surface area contributed by atoms with E-state index in [-0.39, 0.29) is 21.5 Å². The van der Waals surface area contributed by atoms with E-state index in [2.05, 4.69) is 33.1 Å². The van der Waals surface area contributed by atoms with Crippen LogP contribution in [-0.4, -0.2) is 22.0 Å². The van der Waals surface area contributed by atoms with Gasteiger partial charge in [0.25, 0.3) is 5.13 Å². The van der Waals surface area contributed by atoms with Gasteiger partial charge in [0.15, 0.2) is 0 Å². The van der Waals surface area contributed by atoms with Gasteiger partial charge >= 0.3 is 0 Å². The summed E-state index contributed by atoms with van der Waals surface area (Å²) in [6, 6.07) is 8.58. The highest BCUT2D eigenvalue weighted by Crippen LogP contribution is 2.27. The first-order valence-electron chi connectivity index (χ1n) is 6.42. The zero-order valence-electron chi connectivity index (χ0n) is 11.9. The molecule has 0 N–H and O–H groups in total. The third-order valence-electron chi connectivity index (χ3n) is 2.73. The Balaban J connectivity index is 2.22. The molecular weight excluding hydrogens is 332 g/mol. The average molecular weight is 342 g/mol. The fourth-order valence-electron chi connectivity index (χ4n) is 1.62. The van der Waals surface area contributed by atoms with E-state index in [9.17, 15) is 4.79 Å². The fraction of sp³-hybridized carbons (Fsp3) is 0.214. The lowest BCUT2D eigenvalue weighted by atomic mass is 10.0. The second-order valence-electron chi connectivity index (χ2n) is 4.37. The topological polar surface area (TPSA) is 115 Å². The lowest BCUT2D eigenvalue weighted by Crippen LogP contribution is -2.17. The van der Waals surface area contributed by atoms with Crippen LogP contribution in [0.3, 0.4) is 0 Å². The number of azo groups is 1. The molecule has 2 aromatic rings. The predicted molar refractivity (Wildman–Crippen MR) is 86.7 cm³/mol. The molecule has 2 atom stereocenters. The number of hydrogen-bond donors (Lipinski definition) is 1. The zero-order chi connectivity index (χ0) is 16.8. The molecule has 2 rings (SSSR count). The Kier molecular flexibility index (Phi) is 5.52. The van der Waals surface area contributed by atoms with Gasteiger partial charge in [-0.25, -0.2) is 0 Å². The number of aromatic nitrogens is 2. The van der Waals surface area contributed by atoms with E-state index in [4.69, 9.17) is 10.5 Å². The zero-order valence-corrected chi connectivity index (χ0v) is 13.6. The Morgan fingerprint density at radius 3 is 2.70 bits per heavy atom. The molecule has 0 fully saturated rings. The Labute approximate surface area is 141 Å². The highest BCUT2D eigenvalue weighted by atomic mass is 32.1. The third kappa shape index (κ3) is 3.97. The van der Waals surface area contributed by atoms with Crippen LogP contribution in [0.4, 0.5) is 5.13 Å². The fourth-order valence-corrected chi connectivity index (χ4v) is 2.44. The van der Waals surface area contributed by atoms with Crippen LogP contribution in [0, 0.1) is 22.7 Å². The van der Waals surface area contributed by atoms with Crippen molar-refractivity contribution in [1.82, 2.24) is 10.2 Å². The molecule has 9 heteroatoms. The summed E-state index contributed by atoms with van der Waals surface area (Å²) in [5, 5.41) is 34.2. The molecule has 1 heterocycles. The summed E-state index contributed by atoms with van der Waals surface area (Å²) in [6.45, 7) is 1.84. The number of carbonyl (C=O) groups is 1. The van der Waals surface area contributed by atoms with Crippen LogP contribution in [-0.2, 0) is 0 Å². The van der Waals surface area contributed by atoms with Crippen molar-refractivity contribution in [3.63, 3.8) is 0 Å². The maximum atomic E-state index is 12.3.